The van der Waals surface area contributed by atoms with Crippen LogP contribution < -0.4 is 0 Å². The Labute approximate surface area is 67.1 Å². The third kappa shape index (κ3) is 2.75. The van der Waals surface area contributed by atoms with Crippen molar-refractivity contribution in [3.8, 4) is 0 Å². The molecule has 11 heavy (non-hydrogen) atoms. The van der Waals surface area contributed by atoms with Crippen molar-refractivity contribution in [2.24, 2.45) is 0 Å². The molecule has 0 unspecified atom stereocenters. The molecule has 0 saturated carbocycles. The van der Waals surface area contributed by atoms with Crippen molar-refractivity contribution in [2.75, 3.05) is 0 Å². The zero-order valence-electron chi connectivity index (χ0n) is 5.02. The van der Waals surface area contributed by atoms with E-state index in [0.29, 0.717) is 0 Å². The molecule has 0 aromatic heterocycles. The molecule has 0 aliphatic heterocycles. The highest BCUT2D eigenvalue weighted by Gasteiger charge is 2.29. The molecule has 0 aliphatic carbocycles. The minimum absolute atomic E-state index is 0. The van der Waals surface area contributed by atoms with Crippen LogP contribution in [0.1, 0.15) is 5.56 Å². The van der Waals surface area contributed by atoms with Gasteiger partial charge >= 0.3 is 6.18 Å². The number of benzene rings is 1. The highest BCUT2D eigenvalue weighted by atomic mass is 28.1. The van der Waals surface area contributed by atoms with Crippen molar-refractivity contribution in [3.05, 3.63) is 35.9 Å². The molecular formula is C7H9F3Si. The van der Waals surface area contributed by atoms with Crippen LogP contribution in [0.15, 0.2) is 30.3 Å². The number of hydrogen-bond donors (Lipinski definition) is 0. The lowest BCUT2D eigenvalue weighted by Gasteiger charge is -2.03. The van der Waals surface area contributed by atoms with E-state index in [4.69, 9.17) is 0 Å². The summed E-state index contributed by atoms with van der Waals surface area (Å²) >= 11 is 0. The Balaban J connectivity index is 0.000001000. The van der Waals surface area contributed by atoms with Crippen molar-refractivity contribution in [1.82, 2.24) is 0 Å². The predicted molar refractivity (Wildman–Crippen MR) is 42.8 cm³/mol. The first-order valence-corrected chi connectivity index (χ1v) is 2.73. The van der Waals surface area contributed by atoms with Crippen molar-refractivity contribution in [3.63, 3.8) is 0 Å². The summed E-state index contributed by atoms with van der Waals surface area (Å²) in [6.45, 7) is 0. The normalized spacial score (nSPS) is 10.5. The van der Waals surface area contributed by atoms with E-state index >= 15 is 0 Å². The van der Waals surface area contributed by atoms with Gasteiger partial charge in [0.25, 0.3) is 0 Å². The molecule has 0 aliphatic rings. The Morgan fingerprint density at radius 1 is 0.909 bits per heavy atom. The Bertz CT molecular complexity index is 205. The van der Waals surface area contributed by atoms with Gasteiger partial charge in [0.15, 0.2) is 0 Å². The maximum Gasteiger partial charge on any atom is 0.416 e. The number of halogens is 3. The lowest BCUT2D eigenvalue weighted by Crippen LogP contribution is -2.03. The van der Waals surface area contributed by atoms with Gasteiger partial charge in [-0.2, -0.15) is 13.2 Å². The van der Waals surface area contributed by atoms with Crippen LogP contribution in [0.25, 0.3) is 0 Å². The molecule has 4 heteroatoms. The molecule has 0 heterocycles. The van der Waals surface area contributed by atoms with Crippen LogP contribution in [0, 0.1) is 0 Å². The van der Waals surface area contributed by atoms with Gasteiger partial charge in [0.1, 0.15) is 0 Å². The molecule has 1 rings (SSSR count). The van der Waals surface area contributed by atoms with E-state index in [2.05, 4.69) is 0 Å². The van der Waals surface area contributed by atoms with Crippen LogP contribution in [0.2, 0.25) is 0 Å². The number of hydrogen-bond acceptors (Lipinski definition) is 0. The molecule has 0 saturated heterocycles. The van der Waals surface area contributed by atoms with E-state index in [0.717, 1.165) is 12.1 Å². The molecule has 0 atom stereocenters. The second-order valence-electron chi connectivity index (χ2n) is 1.86. The van der Waals surface area contributed by atoms with Crippen LogP contribution in [-0.4, -0.2) is 11.0 Å². The van der Waals surface area contributed by atoms with Crippen LogP contribution >= 0.6 is 0 Å². The Kier molecular flexibility index (Phi) is 3.32. The van der Waals surface area contributed by atoms with E-state index in [9.17, 15) is 13.2 Å². The van der Waals surface area contributed by atoms with Crippen LogP contribution in [0.5, 0.6) is 0 Å². The summed E-state index contributed by atoms with van der Waals surface area (Å²) in [5.41, 5.74) is -0.602. The van der Waals surface area contributed by atoms with Crippen molar-refractivity contribution in [1.29, 1.82) is 0 Å². The van der Waals surface area contributed by atoms with Crippen LogP contribution in [0.4, 0.5) is 13.2 Å². The molecule has 0 nitrogen and oxygen atoms in total. The maximum atomic E-state index is 11.8. The molecular weight excluding hydrogens is 169 g/mol. The van der Waals surface area contributed by atoms with Gasteiger partial charge in [-0.3, -0.25) is 0 Å². The molecule has 1 aromatic carbocycles. The molecule has 0 bridgehead atoms. The fraction of sp³-hybridized carbons (Fsp3) is 0.143. The molecule has 0 fully saturated rings. The average Bonchev–Trinajstić information content (AvgIpc) is 1.88. The van der Waals surface area contributed by atoms with E-state index in [1.807, 2.05) is 0 Å². The molecule has 0 amide bonds. The van der Waals surface area contributed by atoms with Crippen LogP contribution in [0.3, 0.4) is 0 Å². The Morgan fingerprint density at radius 3 is 1.64 bits per heavy atom. The first-order valence-electron chi connectivity index (χ1n) is 2.73. The monoisotopic (exact) mass is 178 g/mol. The minimum Gasteiger partial charge on any atom is -0.166 e. The summed E-state index contributed by atoms with van der Waals surface area (Å²) in [7, 11) is 0. The lowest BCUT2D eigenvalue weighted by atomic mass is 10.2. The first-order chi connectivity index (χ1) is 4.61. The quantitative estimate of drug-likeness (QED) is 0.525. The van der Waals surface area contributed by atoms with E-state index in [-0.39, 0.29) is 11.0 Å². The largest absolute Gasteiger partial charge is 0.416 e. The summed E-state index contributed by atoms with van der Waals surface area (Å²) < 4.78 is 35.4. The van der Waals surface area contributed by atoms with Gasteiger partial charge in [0.2, 0.25) is 0 Å². The summed E-state index contributed by atoms with van der Waals surface area (Å²) in [6, 6.07) is 6.36. The second-order valence-corrected chi connectivity index (χ2v) is 1.86. The third-order valence-electron chi connectivity index (χ3n) is 1.10. The van der Waals surface area contributed by atoms with Gasteiger partial charge in [-0.05, 0) is 11.0 Å². The average molecular weight is 178 g/mol. The number of rotatable bonds is 0. The van der Waals surface area contributed by atoms with Crippen molar-refractivity contribution in [2.45, 2.75) is 6.18 Å². The van der Waals surface area contributed by atoms with Gasteiger partial charge in [-0.25, -0.2) is 0 Å². The third-order valence-corrected chi connectivity index (χ3v) is 1.10. The summed E-state index contributed by atoms with van der Waals surface area (Å²) in [6.07, 6.45) is -4.21. The summed E-state index contributed by atoms with van der Waals surface area (Å²) in [4.78, 5) is 0. The fourth-order valence-corrected chi connectivity index (χ4v) is 0.627. The zero-order valence-corrected chi connectivity index (χ0v) is 5.02. The predicted octanol–water partition coefficient (Wildman–Crippen LogP) is 1.25. The smallest absolute Gasteiger partial charge is 0.166 e. The highest BCUT2D eigenvalue weighted by Crippen LogP contribution is 2.28. The standard InChI is InChI=1S/C7H5F3.H4Si/c8-7(9,10)6-4-2-1-3-5-6;/h1-5H;1H4. The Morgan fingerprint density at radius 2 is 1.36 bits per heavy atom. The SMILES string of the molecule is FC(F)(F)c1ccccc1.[SiH4]. The molecule has 0 spiro atoms. The first kappa shape index (κ1) is 10.2. The highest BCUT2D eigenvalue weighted by molar-refractivity contribution is 5.75. The van der Waals surface area contributed by atoms with Gasteiger partial charge in [-0.15, -0.1) is 0 Å². The Hall–Kier alpha value is -0.773. The maximum absolute atomic E-state index is 11.8. The molecule has 1 aromatic rings. The molecule has 0 radical (unpaired) electrons. The molecule has 62 valence electrons. The lowest BCUT2D eigenvalue weighted by molar-refractivity contribution is -0.137. The zero-order chi connectivity index (χ0) is 7.61. The summed E-state index contributed by atoms with van der Waals surface area (Å²) in [5.74, 6) is 0. The van der Waals surface area contributed by atoms with Crippen molar-refractivity contribution < 1.29 is 13.2 Å². The van der Waals surface area contributed by atoms with Crippen LogP contribution in [-0.2, 0) is 6.18 Å². The summed E-state index contributed by atoms with van der Waals surface area (Å²) in [5, 5.41) is 0. The number of alkyl halides is 3. The van der Waals surface area contributed by atoms with Gasteiger partial charge < -0.3 is 0 Å². The van der Waals surface area contributed by atoms with E-state index in [1.165, 1.54) is 12.1 Å². The molecule has 0 N–H and O–H groups in total. The topological polar surface area (TPSA) is 0 Å². The fourth-order valence-electron chi connectivity index (χ4n) is 0.627. The van der Waals surface area contributed by atoms with Gasteiger partial charge in [0, 0.05) is 0 Å². The van der Waals surface area contributed by atoms with E-state index < -0.39 is 11.7 Å². The van der Waals surface area contributed by atoms with E-state index in [1.54, 1.807) is 6.07 Å². The van der Waals surface area contributed by atoms with Crippen molar-refractivity contribution >= 4 is 11.0 Å². The van der Waals surface area contributed by atoms with Gasteiger partial charge in [-0.1, -0.05) is 30.3 Å². The second kappa shape index (κ2) is 3.57. The van der Waals surface area contributed by atoms with Gasteiger partial charge in [0.05, 0.1) is 5.56 Å². The minimum atomic E-state index is -4.21.